The molecule has 2 nitrogen and oxygen atoms in total. The van der Waals surface area contributed by atoms with E-state index in [9.17, 15) is 4.79 Å². The molecule has 0 spiro atoms. The molecule has 4 rings (SSSR count). The smallest absolute Gasteiger partial charge is 0.194 e. The molecule has 0 unspecified atom stereocenters. The van der Waals surface area contributed by atoms with E-state index >= 15 is 0 Å². The van der Waals surface area contributed by atoms with Crippen LogP contribution in [0, 0.1) is 0 Å². The molecular weight excluding hydrogens is 246 g/mol. The minimum absolute atomic E-state index is 0.110. The van der Waals surface area contributed by atoms with E-state index in [0.717, 1.165) is 35.1 Å². The second-order valence-corrected chi connectivity index (χ2v) is 5.51. The van der Waals surface area contributed by atoms with Crippen LogP contribution in [0.2, 0.25) is 0 Å². The Labute approximate surface area is 117 Å². The van der Waals surface area contributed by atoms with Gasteiger partial charge in [-0.15, -0.1) is 0 Å². The quantitative estimate of drug-likeness (QED) is 0.625. The maximum atomic E-state index is 12.6. The van der Waals surface area contributed by atoms with E-state index in [1.54, 1.807) is 0 Å². The highest BCUT2D eigenvalue weighted by Crippen LogP contribution is 2.43. The number of benzene rings is 2. The molecule has 1 fully saturated rings. The molecule has 0 heterocycles. The minimum atomic E-state index is 0.110. The van der Waals surface area contributed by atoms with E-state index in [2.05, 4.69) is 6.07 Å². The van der Waals surface area contributed by atoms with Crippen molar-refractivity contribution >= 4 is 17.0 Å². The third-order valence-corrected chi connectivity index (χ3v) is 4.31. The number of hydrogen-bond donors (Lipinski definition) is 1. The summed E-state index contributed by atoms with van der Waals surface area (Å²) in [6, 6.07) is 13.5. The zero-order valence-corrected chi connectivity index (χ0v) is 11.1. The third kappa shape index (κ3) is 1.48. The summed E-state index contributed by atoms with van der Waals surface area (Å²) in [7, 11) is 0. The average molecular weight is 261 g/mol. The van der Waals surface area contributed by atoms with E-state index in [1.165, 1.54) is 17.6 Å². The van der Waals surface area contributed by atoms with Gasteiger partial charge < -0.3 is 5.73 Å². The standard InChI is InChI=1S/C18H15NO/c19-12-8-9-15-16(10-12)17(11-4-3-5-11)13-6-1-2-7-14(13)18(15)20/h1-2,6-10H,3-5,19H2. The molecule has 98 valence electrons. The van der Waals surface area contributed by atoms with Crippen molar-refractivity contribution in [2.75, 3.05) is 5.73 Å². The van der Waals surface area contributed by atoms with Crippen molar-refractivity contribution in [1.29, 1.82) is 0 Å². The van der Waals surface area contributed by atoms with Gasteiger partial charge in [-0.05, 0) is 54.2 Å². The van der Waals surface area contributed by atoms with Crippen molar-refractivity contribution in [2.24, 2.45) is 0 Å². The van der Waals surface area contributed by atoms with Crippen molar-refractivity contribution < 1.29 is 4.79 Å². The van der Waals surface area contributed by atoms with Gasteiger partial charge in [0.15, 0.2) is 5.78 Å². The first-order valence-electron chi connectivity index (χ1n) is 7.02. The molecule has 2 aromatic rings. The molecule has 0 amide bonds. The number of carbonyl (C=O) groups excluding carboxylic acids is 1. The second-order valence-electron chi connectivity index (χ2n) is 5.51. The van der Waals surface area contributed by atoms with Gasteiger partial charge in [-0.2, -0.15) is 0 Å². The molecular formula is C18H15NO. The molecule has 2 aliphatic rings. The van der Waals surface area contributed by atoms with Crippen LogP contribution in [-0.2, 0) is 0 Å². The van der Waals surface area contributed by atoms with E-state index in [1.807, 2.05) is 36.4 Å². The maximum absolute atomic E-state index is 12.6. The largest absolute Gasteiger partial charge is 0.399 e. The fourth-order valence-corrected chi connectivity index (χ4v) is 3.14. The lowest BCUT2D eigenvalue weighted by molar-refractivity contribution is 0.103. The monoisotopic (exact) mass is 261 g/mol. The Balaban J connectivity index is 2.08. The molecule has 2 heteroatoms. The number of carbonyl (C=O) groups is 1. The first kappa shape index (κ1) is 11.5. The van der Waals surface area contributed by atoms with Gasteiger partial charge in [-0.3, -0.25) is 4.79 Å². The van der Waals surface area contributed by atoms with Crippen LogP contribution in [0.3, 0.4) is 0 Å². The topological polar surface area (TPSA) is 43.1 Å². The number of anilines is 1. The highest BCUT2D eigenvalue weighted by Gasteiger charge is 2.29. The Hall–Kier alpha value is -2.35. The average Bonchev–Trinajstić information content (AvgIpc) is 2.41. The summed E-state index contributed by atoms with van der Waals surface area (Å²) in [6.07, 6.45) is 3.50. The Morgan fingerprint density at radius 3 is 2.25 bits per heavy atom. The van der Waals surface area contributed by atoms with Crippen molar-refractivity contribution in [3.8, 4) is 0 Å². The highest BCUT2D eigenvalue weighted by molar-refractivity contribution is 6.19. The van der Waals surface area contributed by atoms with Crippen molar-refractivity contribution in [3.05, 3.63) is 70.3 Å². The zero-order valence-electron chi connectivity index (χ0n) is 11.1. The van der Waals surface area contributed by atoms with Gasteiger partial charge in [0.25, 0.3) is 0 Å². The summed E-state index contributed by atoms with van der Waals surface area (Å²) in [5.41, 5.74) is 13.0. The van der Waals surface area contributed by atoms with Crippen LogP contribution in [0.4, 0.5) is 5.69 Å². The molecule has 0 radical (unpaired) electrons. The molecule has 1 saturated carbocycles. The Kier molecular flexibility index (Phi) is 2.34. The maximum Gasteiger partial charge on any atom is 0.194 e. The first-order valence-corrected chi connectivity index (χ1v) is 7.02. The molecule has 0 bridgehead atoms. The van der Waals surface area contributed by atoms with Crippen molar-refractivity contribution in [1.82, 2.24) is 0 Å². The minimum Gasteiger partial charge on any atom is -0.399 e. The second kappa shape index (κ2) is 4.07. The summed E-state index contributed by atoms with van der Waals surface area (Å²) in [5, 5.41) is 0. The summed E-state index contributed by atoms with van der Waals surface area (Å²) < 4.78 is 0. The lowest BCUT2D eigenvalue weighted by atomic mass is 9.75. The van der Waals surface area contributed by atoms with Crippen molar-refractivity contribution in [2.45, 2.75) is 19.3 Å². The predicted molar refractivity (Wildman–Crippen MR) is 80.6 cm³/mol. The number of allylic oxidation sites excluding steroid dienone is 1. The highest BCUT2D eigenvalue weighted by atomic mass is 16.1. The van der Waals surface area contributed by atoms with E-state index in [-0.39, 0.29) is 5.78 Å². The van der Waals surface area contributed by atoms with Crippen LogP contribution in [0.5, 0.6) is 0 Å². The summed E-state index contributed by atoms with van der Waals surface area (Å²) >= 11 is 0. The Morgan fingerprint density at radius 2 is 1.55 bits per heavy atom. The van der Waals surface area contributed by atoms with E-state index in [0.29, 0.717) is 5.69 Å². The van der Waals surface area contributed by atoms with Crippen LogP contribution in [0.15, 0.2) is 48.0 Å². The number of fused-ring (bicyclic) bond motifs is 2. The van der Waals surface area contributed by atoms with Crippen LogP contribution in [0.1, 0.15) is 46.3 Å². The number of nitrogen functional groups attached to an aromatic ring is 1. The van der Waals surface area contributed by atoms with Gasteiger partial charge in [-0.1, -0.05) is 29.8 Å². The van der Waals surface area contributed by atoms with Crippen LogP contribution in [0.25, 0.3) is 5.57 Å². The Morgan fingerprint density at radius 1 is 0.850 bits per heavy atom. The predicted octanol–water partition coefficient (Wildman–Crippen LogP) is 3.80. The summed E-state index contributed by atoms with van der Waals surface area (Å²) in [5.74, 6) is 0.110. The van der Waals surface area contributed by atoms with Crippen LogP contribution < -0.4 is 5.73 Å². The fourth-order valence-electron chi connectivity index (χ4n) is 3.14. The number of rotatable bonds is 0. The molecule has 0 aromatic heterocycles. The molecule has 2 aromatic carbocycles. The molecule has 20 heavy (non-hydrogen) atoms. The zero-order chi connectivity index (χ0) is 13.7. The molecule has 0 atom stereocenters. The van der Waals surface area contributed by atoms with Gasteiger partial charge in [-0.25, -0.2) is 0 Å². The lowest BCUT2D eigenvalue weighted by Crippen LogP contribution is -2.17. The van der Waals surface area contributed by atoms with Gasteiger partial charge in [0.1, 0.15) is 0 Å². The van der Waals surface area contributed by atoms with Gasteiger partial charge in [0, 0.05) is 16.8 Å². The molecule has 2 N–H and O–H groups in total. The number of ketones is 1. The molecule has 2 aliphatic carbocycles. The first-order chi connectivity index (χ1) is 9.75. The Bertz CT molecular complexity index is 765. The normalized spacial score (nSPS) is 16.5. The molecule has 0 saturated heterocycles. The van der Waals surface area contributed by atoms with Crippen LogP contribution in [-0.4, -0.2) is 5.78 Å². The third-order valence-electron chi connectivity index (χ3n) is 4.31. The lowest BCUT2D eigenvalue weighted by Gasteiger charge is -2.28. The van der Waals surface area contributed by atoms with Gasteiger partial charge in [0.05, 0.1) is 0 Å². The van der Waals surface area contributed by atoms with E-state index in [4.69, 9.17) is 5.73 Å². The summed E-state index contributed by atoms with van der Waals surface area (Å²) in [6.45, 7) is 0. The SMILES string of the molecule is Nc1ccc2c(c1)C(=C1CCC1)c1ccccc1C2=O. The number of nitrogens with two attached hydrogens (primary N) is 1. The van der Waals surface area contributed by atoms with Gasteiger partial charge >= 0.3 is 0 Å². The summed E-state index contributed by atoms with van der Waals surface area (Å²) in [4.78, 5) is 12.6. The number of hydrogen-bond acceptors (Lipinski definition) is 2. The fraction of sp³-hybridized carbons (Fsp3) is 0.167. The van der Waals surface area contributed by atoms with Gasteiger partial charge in [0.2, 0.25) is 0 Å². The van der Waals surface area contributed by atoms with Crippen LogP contribution >= 0.6 is 0 Å². The molecule has 0 aliphatic heterocycles. The van der Waals surface area contributed by atoms with Crippen molar-refractivity contribution in [3.63, 3.8) is 0 Å². The van der Waals surface area contributed by atoms with E-state index < -0.39 is 0 Å².